The molecule has 0 aromatic heterocycles. The molecule has 1 aliphatic rings. The quantitative estimate of drug-likeness (QED) is 0.780. The van der Waals surface area contributed by atoms with Gasteiger partial charge in [-0.15, -0.1) is 11.8 Å². The van der Waals surface area contributed by atoms with Crippen molar-refractivity contribution in [2.24, 2.45) is 4.99 Å². The summed E-state index contributed by atoms with van der Waals surface area (Å²) in [5, 5.41) is 1.65. The van der Waals surface area contributed by atoms with Gasteiger partial charge in [0, 0.05) is 15.7 Å². The predicted octanol–water partition coefficient (Wildman–Crippen LogP) is 3.10. The summed E-state index contributed by atoms with van der Waals surface area (Å²) in [6.45, 7) is 0. The van der Waals surface area contributed by atoms with Crippen LogP contribution in [0.25, 0.3) is 0 Å². The second-order valence-corrected chi connectivity index (χ2v) is 5.46. The Morgan fingerprint density at radius 3 is 2.73 bits per heavy atom. The average molecular weight is 258 g/mol. The number of thioether (sulfide) groups is 2. The molecule has 0 aliphatic carbocycles. The Morgan fingerprint density at radius 2 is 2.13 bits per heavy atom. The van der Waals surface area contributed by atoms with E-state index in [0.29, 0.717) is 5.75 Å². The maximum absolute atomic E-state index is 10.9. The molecule has 15 heavy (non-hydrogen) atoms. The smallest absolute Gasteiger partial charge is 0.256 e. The highest BCUT2D eigenvalue weighted by atomic mass is 35.5. The van der Waals surface area contributed by atoms with Gasteiger partial charge < -0.3 is 0 Å². The lowest BCUT2D eigenvalue weighted by atomic mass is 10.4. The first kappa shape index (κ1) is 11.0. The molecule has 0 spiro atoms. The molecule has 0 N–H and O–H groups in total. The van der Waals surface area contributed by atoms with Crippen molar-refractivity contribution in [1.29, 1.82) is 0 Å². The molecule has 1 aromatic carbocycles. The summed E-state index contributed by atoms with van der Waals surface area (Å²) in [6.07, 6.45) is 0. The maximum atomic E-state index is 10.9. The molecule has 0 fully saturated rings. The van der Waals surface area contributed by atoms with Crippen LogP contribution in [-0.4, -0.2) is 22.5 Å². The third-order valence-electron chi connectivity index (χ3n) is 1.79. The fourth-order valence-electron chi connectivity index (χ4n) is 1.10. The van der Waals surface area contributed by atoms with Crippen LogP contribution in [0.15, 0.2) is 34.2 Å². The van der Waals surface area contributed by atoms with Crippen molar-refractivity contribution in [3.8, 4) is 0 Å². The number of aliphatic imine (C=N–C) groups is 1. The highest BCUT2D eigenvalue weighted by Gasteiger charge is 2.14. The summed E-state index contributed by atoms with van der Waals surface area (Å²) in [6, 6.07) is 7.65. The van der Waals surface area contributed by atoms with Crippen LogP contribution in [0.5, 0.6) is 0 Å². The first-order valence-electron chi connectivity index (χ1n) is 4.35. The summed E-state index contributed by atoms with van der Waals surface area (Å²) in [4.78, 5) is 15.9. The van der Waals surface area contributed by atoms with Crippen LogP contribution in [0, 0.1) is 0 Å². The van der Waals surface area contributed by atoms with Gasteiger partial charge in [0.1, 0.15) is 0 Å². The van der Waals surface area contributed by atoms with Crippen LogP contribution in [0.4, 0.5) is 0 Å². The minimum absolute atomic E-state index is 0.0216. The Bertz CT molecular complexity index is 402. The molecule has 1 heterocycles. The molecular formula is C10H8ClNOS2. The zero-order chi connectivity index (χ0) is 10.7. The standard InChI is InChI=1S/C10H8ClNOS2/c11-7-1-3-8(4-2-7)14-6-10-12-9(13)5-15-10/h1-4H,5-6H2. The van der Waals surface area contributed by atoms with Crippen molar-refractivity contribution in [2.75, 3.05) is 11.5 Å². The number of benzene rings is 1. The molecule has 78 valence electrons. The number of nitrogens with zero attached hydrogens (tertiary/aromatic N) is 1. The van der Waals surface area contributed by atoms with Gasteiger partial charge in [0.2, 0.25) is 0 Å². The van der Waals surface area contributed by atoms with Crippen molar-refractivity contribution in [1.82, 2.24) is 0 Å². The second kappa shape index (κ2) is 5.05. The van der Waals surface area contributed by atoms with E-state index in [1.165, 1.54) is 11.8 Å². The Balaban J connectivity index is 1.91. The number of rotatable bonds is 3. The number of hydrogen-bond donors (Lipinski definition) is 0. The topological polar surface area (TPSA) is 29.4 Å². The van der Waals surface area contributed by atoms with Crippen LogP contribution in [0.3, 0.4) is 0 Å². The van der Waals surface area contributed by atoms with Crippen molar-refractivity contribution < 1.29 is 4.79 Å². The molecule has 0 saturated heterocycles. The number of halogens is 1. The van der Waals surface area contributed by atoms with Crippen molar-refractivity contribution >= 4 is 46.1 Å². The van der Waals surface area contributed by atoms with Crippen LogP contribution in [-0.2, 0) is 4.79 Å². The van der Waals surface area contributed by atoms with E-state index in [2.05, 4.69) is 4.99 Å². The number of hydrogen-bond acceptors (Lipinski definition) is 3. The van der Waals surface area contributed by atoms with E-state index in [9.17, 15) is 4.79 Å². The lowest BCUT2D eigenvalue weighted by molar-refractivity contribution is -0.115. The molecule has 2 rings (SSSR count). The number of amides is 1. The summed E-state index contributed by atoms with van der Waals surface area (Å²) < 4.78 is 0. The molecule has 0 unspecified atom stereocenters. The first-order valence-corrected chi connectivity index (χ1v) is 6.70. The van der Waals surface area contributed by atoms with E-state index in [4.69, 9.17) is 11.6 Å². The molecule has 0 atom stereocenters. The molecule has 1 aliphatic heterocycles. The number of carbonyl (C=O) groups is 1. The van der Waals surface area contributed by atoms with Gasteiger partial charge in [-0.25, -0.2) is 4.99 Å². The van der Waals surface area contributed by atoms with Crippen molar-refractivity contribution in [2.45, 2.75) is 4.90 Å². The lowest BCUT2D eigenvalue weighted by Gasteiger charge is -2.00. The van der Waals surface area contributed by atoms with E-state index in [-0.39, 0.29) is 5.91 Å². The fraction of sp³-hybridized carbons (Fsp3) is 0.200. The first-order chi connectivity index (χ1) is 7.24. The predicted molar refractivity (Wildman–Crippen MR) is 67.1 cm³/mol. The van der Waals surface area contributed by atoms with Gasteiger partial charge >= 0.3 is 0 Å². The minimum Gasteiger partial charge on any atom is -0.272 e. The normalized spacial score (nSPS) is 15.5. The van der Waals surface area contributed by atoms with Crippen molar-refractivity contribution in [3.05, 3.63) is 29.3 Å². The minimum atomic E-state index is -0.0216. The summed E-state index contributed by atoms with van der Waals surface area (Å²) >= 11 is 8.97. The Labute approximate surface area is 101 Å². The van der Waals surface area contributed by atoms with Gasteiger partial charge in [0.25, 0.3) is 5.91 Å². The second-order valence-electron chi connectivity index (χ2n) is 2.93. The Kier molecular flexibility index (Phi) is 3.72. The SMILES string of the molecule is O=C1CSC(CSc2ccc(Cl)cc2)=N1. The molecule has 1 aromatic rings. The van der Waals surface area contributed by atoms with Gasteiger partial charge in [-0.2, -0.15) is 0 Å². The highest BCUT2D eigenvalue weighted by molar-refractivity contribution is 8.17. The van der Waals surface area contributed by atoms with Crippen LogP contribution >= 0.6 is 35.1 Å². The van der Waals surface area contributed by atoms with Gasteiger partial charge in [0.05, 0.1) is 10.8 Å². The molecule has 5 heteroatoms. The number of carbonyl (C=O) groups excluding carboxylic acids is 1. The van der Waals surface area contributed by atoms with E-state index < -0.39 is 0 Å². The zero-order valence-corrected chi connectivity index (χ0v) is 10.2. The monoisotopic (exact) mass is 257 g/mol. The van der Waals surface area contributed by atoms with E-state index >= 15 is 0 Å². The Morgan fingerprint density at radius 1 is 1.40 bits per heavy atom. The molecular weight excluding hydrogens is 250 g/mol. The largest absolute Gasteiger partial charge is 0.272 e. The maximum Gasteiger partial charge on any atom is 0.256 e. The molecule has 2 nitrogen and oxygen atoms in total. The summed E-state index contributed by atoms with van der Waals surface area (Å²) in [5.41, 5.74) is 0. The van der Waals surface area contributed by atoms with E-state index in [0.717, 1.165) is 20.7 Å². The lowest BCUT2D eigenvalue weighted by Crippen LogP contribution is -1.91. The molecule has 0 saturated carbocycles. The third-order valence-corrected chi connectivity index (χ3v) is 4.21. The zero-order valence-electron chi connectivity index (χ0n) is 7.77. The van der Waals surface area contributed by atoms with E-state index in [1.807, 2.05) is 24.3 Å². The van der Waals surface area contributed by atoms with E-state index in [1.54, 1.807) is 11.8 Å². The Hall–Kier alpha value is -0.450. The third kappa shape index (κ3) is 3.26. The molecule has 1 amide bonds. The fourth-order valence-corrected chi connectivity index (χ4v) is 2.94. The highest BCUT2D eigenvalue weighted by Crippen LogP contribution is 2.24. The van der Waals surface area contributed by atoms with Gasteiger partial charge in [-0.05, 0) is 24.3 Å². The molecule has 0 radical (unpaired) electrons. The van der Waals surface area contributed by atoms with Gasteiger partial charge in [-0.1, -0.05) is 23.4 Å². The summed E-state index contributed by atoms with van der Waals surface area (Å²) in [5.74, 6) is 1.24. The average Bonchev–Trinajstić information content (AvgIpc) is 2.64. The van der Waals surface area contributed by atoms with Crippen LogP contribution in [0.2, 0.25) is 5.02 Å². The van der Waals surface area contributed by atoms with Gasteiger partial charge in [0.15, 0.2) is 0 Å². The van der Waals surface area contributed by atoms with Crippen molar-refractivity contribution in [3.63, 3.8) is 0 Å². The van der Waals surface area contributed by atoms with Crippen LogP contribution in [0.1, 0.15) is 0 Å². The van der Waals surface area contributed by atoms with Crippen LogP contribution < -0.4 is 0 Å². The van der Waals surface area contributed by atoms with Gasteiger partial charge in [-0.3, -0.25) is 4.79 Å². The summed E-state index contributed by atoms with van der Waals surface area (Å²) in [7, 11) is 0. The molecule has 0 bridgehead atoms.